The molecule has 6 heteroatoms. The monoisotopic (exact) mass is 331 g/mol. The number of carboxylic acid groups (broad SMARTS) is 1. The summed E-state index contributed by atoms with van der Waals surface area (Å²) in [6, 6.07) is 1.93. The molecule has 2 atom stereocenters. The molecule has 0 aromatic carbocycles. The lowest BCUT2D eigenvalue weighted by atomic mass is 9.95. The predicted octanol–water partition coefficient (Wildman–Crippen LogP) is 2.63. The fourth-order valence-corrected chi connectivity index (χ4v) is 3.75. The molecular weight excluding hydrogens is 318 g/mol. The predicted molar refractivity (Wildman–Crippen MR) is 72.3 cm³/mol. The molecule has 1 heterocycles. The van der Waals surface area contributed by atoms with Gasteiger partial charge in [0.25, 0.3) is 0 Å². The van der Waals surface area contributed by atoms with Crippen LogP contribution in [0.3, 0.4) is 0 Å². The molecule has 4 nitrogen and oxygen atoms in total. The number of thiophene rings is 1. The molecule has 0 saturated heterocycles. The van der Waals surface area contributed by atoms with Gasteiger partial charge in [-0.1, -0.05) is 6.42 Å². The van der Waals surface area contributed by atoms with E-state index in [2.05, 4.69) is 21.2 Å². The molecule has 1 fully saturated rings. The van der Waals surface area contributed by atoms with Gasteiger partial charge in [0.15, 0.2) is 0 Å². The Balaban J connectivity index is 1.92. The number of hydrogen-bond donors (Lipinski definition) is 2. The summed E-state index contributed by atoms with van der Waals surface area (Å²) in [6.07, 6.45) is 2.10. The third kappa shape index (κ3) is 2.92. The van der Waals surface area contributed by atoms with Crippen molar-refractivity contribution in [2.24, 2.45) is 11.8 Å². The SMILES string of the molecule is O=C(O)[C@H]1CCC[C@H]1C(=O)NCc1sccc1Br. The number of aliphatic carboxylic acids is 1. The van der Waals surface area contributed by atoms with Crippen molar-refractivity contribution in [3.05, 3.63) is 20.8 Å². The minimum Gasteiger partial charge on any atom is -0.481 e. The zero-order valence-corrected chi connectivity index (χ0v) is 12.1. The number of carbonyl (C=O) groups excluding carboxylic acids is 1. The first-order chi connectivity index (χ1) is 8.59. The van der Waals surface area contributed by atoms with Gasteiger partial charge < -0.3 is 10.4 Å². The smallest absolute Gasteiger partial charge is 0.307 e. The van der Waals surface area contributed by atoms with Crippen molar-refractivity contribution in [2.75, 3.05) is 0 Å². The van der Waals surface area contributed by atoms with Gasteiger partial charge in [-0.3, -0.25) is 9.59 Å². The summed E-state index contributed by atoms with van der Waals surface area (Å²) in [6.45, 7) is 0.458. The molecule has 1 amide bonds. The molecular formula is C12H14BrNO3S. The highest BCUT2D eigenvalue weighted by Crippen LogP contribution is 2.32. The Morgan fingerprint density at radius 1 is 1.44 bits per heavy atom. The Hall–Kier alpha value is -0.880. The van der Waals surface area contributed by atoms with E-state index in [1.807, 2.05) is 11.4 Å². The van der Waals surface area contributed by atoms with E-state index in [0.29, 0.717) is 19.4 Å². The van der Waals surface area contributed by atoms with E-state index in [9.17, 15) is 9.59 Å². The Bertz CT molecular complexity index is 460. The number of nitrogens with one attached hydrogen (secondary N) is 1. The van der Waals surface area contributed by atoms with Crippen LogP contribution in [0.5, 0.6) is 0 Å². The lowest BCUT2D eigenvalue weighted by Gasteiger charge is -2.15. The van der Waals surface area contributed by atoms with E-state index in [0.717, 1.165) is 15.8 Å². The summed E-state index contributed by atoms with van der Waals surface area (Å²) in [5.74, 6) is -1.89. The maximum absolute atomic E-state index is 12.0. The van der Waals surface area contributed by atoms with Gasteiger partial charge in [0.2, 0.25) is 5.91 Å². The van der Waals surface area contributed by atoms with Crippen molar-refractivity contribution in [1.82, 2.24) is 5.32 Å². The molecule has 0 radical (unpaired) electrons. The van der Waals surface area contributed by atoms with Crippen LogP contribution in [0.2, 0.25) is 0 Å². The Morgan fingerprint density at radius 3 is 2.78 bits per heavy atom. The highest BCUT2D eigenvalue weighted by molar-refractivity contribution is 9.10. The van der Waals surface area contributed by atoms with Crippen LogP contribution in [0.1, 0.15) is 24.1 Å². The maximum atomic E-state index is 12.0. The van der Waals surface area contributed by atoms with Gasteiger partial charge in [-0.2, -0.15) is 0 Å². The minimum atomic E-state index is -0.857. The summed E-state index contributed by atoms with van der Waals surface area (Å²) < 4.78 is 0.981. The first-order valence-electron chi connectivity index (χ1n) is 5.82. The molecule has 1 aliphatic carbocycles. The molecule has 98 valence electrons. The van der Waals surface area contributed by atoms with Gasteiger partial charge in [-0.25, -0.2) is 0 Å². The van der Waals surface area contributed by atoms with Crippen LogP contribution in [0.25, 0.3) is 0 Å². The molecule has 0 bridgehead atoms. The summed E-state index contributed by atoms with van der Waals surface area (Å²) >= 11 is 4.96. The summed E-state index contributed by atoms with van der Waals surface area (Å²) in [5, 5.41) is 13.8. The topological polar surface area (TPSA) is 66.4 Å². The number of amides is 1. The summed E-state index contributed by atoms with van der Waals surface area (Å²) in [4.78, 5) is 24.0. The van der Waals surface area contributed by atoms with Crippen molar-refractivity contribution in [1.29, 1.82) is 0 Å². The fraction of sp³-hybridized carbons (Fsp3) is 0.500. The normalized spacial score (nSPS) is 22.9. The molecule has 2 N–H and O–H groups in total. The van der Waals surface area contributed by atoms with Crippen molar-refractivity contribution in [3.8, 4) is 0 Å². The van der Waals surface area contributed by atoms with Crippen LogP contribution in [-0.2, 0) is 16.1 Å². The molecule has 18 heavy (non-hydrogen) atoms. The number of hydrogen-bond acceptors (Lipinski definition) is 3. The van der Waals surface area contributed by atoms with Gasteiger partial charge in [0.1, 0.15) is 0 Å². The molecule has 2 rings (SSSR count). The highest BCUT2D eigenvalue weighted by Gasteiger charge is 2.37. The number of carboxylic acids is 1. The van der Waals surface area contributed by atoms with Crippen LogP contribution in [0, 0.1) is 11.8 Å². The van der Waals surface area contributed by atoms with E-state index in [1.54, 1.807) is 11.3 Å². The summed E-state index contributed by atoms with van der Waals surface area (Å²) in [5.41, 5.74) is 0. The van der Waals surface area contributed by atoms with E-state index in [-0.39, 0.29) is 11.8 Å². The quantitative estimate of drug-likeness (QED) is 0.891. The summed E-state index contributed by atoms with van der Waals surface area (Å²) in [7, 11) is 0. The van der Waals surface area contributed by atoms with Crippen LogP contribution < -0.4 is 5.32 Å². The number of rotatable bonds is 4. The zero-order chi connectivity index (χ0) is 13.1. The molecule has 0 aliphatic heterocycles. The van der Waals surface area contributed by atoms with E-state index >= 15 is 0 Å². The second kappa shape index (κ2) is 5.84. The second-order valence-corrected chi connectivity index (χ2v) is 6.25. The average Bonchev–Trinajstić information content (AvgIpc) is 2.94. The number of halogens is 1. The lowest BCUT2D eigenvalue weighted by molar-refractivity contribution is -0.146. The van der Waals surface area contributed by atoms with Crippen molar-refractivity contribution in [2.45, 2.75) is 25.8 Å². The zero-order valence-electron chi connectivity index (χ0n) is 9.69. The average molecular weight is 332 g/mol. The third-order valence-electron chi connectivity index (χ3n) is 3.28. The Morgan fingerprint density at radius 2 is 2.17 bits per heavy atom. The first kappa shape index (κ1) is 13.5. The molecule has 1 aromatic heterocycles. The molecule has 1 aliphatic rings. The highest BCUT2D eigenvalue weighted by atomic mass is 79.9. The van der Waals surface area contributed by atoms with Crippen LogP contribution in [-0.4, -0.2) is 17.0 Å². The fourth-order valence-electron chi connectivity index (χ4n) is 2.32. The van der Waals surface area contributed by atoms with Gasteiger partial charge in [-0.15, -0.1) is 11.3 Å². The molecule has 0 spiro atoms. The maximum Gasteiger partial charge on any atom is 0.307 e. The number of carbonyl (C=O) groups is 2. The third-order valence-corrected chi connectivity index (χ3v) is 5.21. The standard InChI is InChI=1S/C12H14BrNO3S/c13-9-4-5-18-10(9)6-14-11(15)7-2-1-3-8(7)12(16)17/h4-5,7-8H,1-3,6H2,(H,14,15)(H,16,17)/t7-,8+/m1/s1. The van der Waals surface area contributed by atoms with Gasteiger partial charge in [-0.05, 0) is 40.2 Å². The van der Waals surface area contributed by atoms with Gasteiger partial charge in [0.05, 0.1) is 18.4 Å². The van der Waals surface area contributed by atoms with Crippen molar-refractivity contribution >= 4 is 39.1 Å². The molecule has 1 aromatic rings. The Kier molecular flexibility index (Phi) is 4.40. The Labute approximate surface area is 118 Å². The van der Waals surface area contributed by atoms with E-state index in [4.69, 9.17) is 5.11 Å². The van der Waals surface area contributed by atoms with E-state index in [1.165, 1.54) is 0 Å². The van der Waals surface area contributed by atoms with Gasteiger partial charge in [0, 0.05) is 9.35 Å². The second-order valence-electron chi connectivity index (χ2n) is 4.39. The minimum absolute atomic E-state index is 0.139. The van der Waals surface area contributed by atoms with Crippen LogP contribution >= 0.6 is 27.3 Å². The molecule has 0 unspecified atom stereocenters. The first-order valence-corrected chi connectivity index (χ1v) is 7.49. The van der Waals surface area contributed by atoms with Crippen LogP contribution in [0.4, 0.5) is 0 Å². The van der Waals surface area contributed by atoms with E-state index < -0.39 is 11.9 Å². The largest absolute Gasteiger partial charge is 0.481 e. The lowest BCUT2D eigenvalue weighted by Crippen LogP contribution is -2.34. The van der Waals surface area contributed by atoms with Crippen molar-refractivity contribution < 1.29 is 14.7 Å². The van der Waals surface area contributed by atoms with Crippen molar-refractivity contribution in [3.63, 3.8) is 0 Å². The van der Waals surface area contributed by atoms with Crippen LogP contribution in [0.15, 0.2) is 15.9 Å². The molecule has 1 saturated carbocycles. The van der Waals surface area contributed by atoms with Gasteiger partial charge >= 0.3 is 5.97 Å².